The van der Waals surface area contributed by atoms with Crippen LogP contribution in [0.25, 0.3) is 0 Å². The fourth-order valence-corrected chi connectivity index (χ4v) is 5.24. The van der Waals surface area contributed by atoms with E-state index in [9.17, 15) is 37.5 Å². The molecule has 3 rings (SSSR count). The van der Waals surface area contributed by atoms with E-state index in [4.69, 9.17) is 4.74 Å². The molecule has 1 saturated heterocycles. The second-order valence-corrected chi connectivity index (χ2v) is 9.20. The molecule has 1 aromatic heterocycles. The number of nitrogens with zero attached hydrogens (tertiary/aromatic N) is 3. The summed E-state index contributed by atoms with van der Waals surface area (Å²) in [5, 5.41) is 14.8. The van der Waals surface area contributed by atoms with Crippen molar-refractivity contribution < 1.29 is 42.2 Å². The van der Waals surface area contributed by atoms with Gasteiger partial charge in [0.05, 0.1) is 10.2 Å². The summed E-state index contributed by atoms with van der Waals surface area (Å²) in [6.07, 6.45) is -4.72. The highest BCUT2D eigenvalue weighted by Gasteiger charge is 2.54. The molecule has 0 bridgehead atoms. The molecule has 0 unspecified atom stereocenters. The molecule has 1 fully saturated rings. The molecular weight excluding hydrogens is 537 g/mol. The molecule has 15 heteroatoms. The first-order valence-corrected chi connectivity index (χ1v) is 11.2. The van der Waals surface area contributed by atoms with Crippen molar-refractivity contribution in [1.82, 2.24) is 20.0 Å². The van der Waals surface area contributed by atoms with Gasteiger partial charge in [-0.1, -0.05) is 0 Å². The van der Waals surface area contributed by atoms with Gasteiger partial charge < -0.3 is 15.2 Å². The number of alkyl halides is 3. The van der Waals surface area contributed by atoms with Crippen LogP contribution in [-0.4, -0.2) is 67.3 Å². The van der Waals surface area contributed by atoms with Gasteiger partial charge in [-0.15, -0.1) is 11.8 Å². The van der Waals surface area contributed by atoms with E-state index in [2.05, 4.69) is 26.3 Å². The number of esters is 1. The fourth-order valence-electron chi connectivity index (χ4n) is 3.42. The van der Waals surface area contributed by atoms with Gasteiger partial charge in [0.2, 0.25) is 5.91 Å². The smallest absolute Gasteiger partial charge is 0.436 e. The van der Waals surface area contributed by atoms with Crippen LogP contribution in [0, 0.1) is 6.92 Å². The quantitative estimate of drug-likeness (QED) is 0.402. The Hall–Kier alpha value is -2.55. The molecule has 0 aliphatic carbocycles. The molecule has 10 nitrogen and oxygen atoms in total. The standard InChI is InChI=1S/C18H18BrF3N4O6S/c1-6-10(19)13(18(20,21)22)24-26(6)7(2)14(28)23-11-15(29)25-12(17(30)31)9(4-32-8(3)27)5-33-16(11)25/h7,11,16H,4-5H2,1-3H3,(H,23,28)(H,30,31)/t7-,11+,16+/m1/s1. The monoisotopic (exact) mass is 554 g/mol. The van der Waals surface area contributed by atoms with E-state index >= 15 is 0 Å². The summed E-state index contributed by atoms with van der Waals surface area (Å²) in [4.78, 5) is 49.1. The number of carboxylic acids is 1. The van der Waals surface area contributed by atoms with Gasteiger partial charge in [-0.25, -0.2) is 4.79 Å². The van der Waals surface area contributed by atoms with E-state index in [1.54, 1.807) is 0 Å². The highest BCUT2D eigenvalue weighted by molar-refractivity contribution is 9.10. The zero-order valence-electron chi connectivity index (χ0n) is 17.4. The van der Waals surface area contributed by atoms with E-state index in [0.717, 1.165) is 9.58 Å². The Morgan fingerprint density at radius 2 is 2.03 bits per heavy atom. The SMILES string of the molecule is CC(=O)OCC1=C(C(=O)O)N2C(=O)[C@H](NC(=O)[C@@H](C)n3nc(C(F)(F)F)c(Br)c3C)[C@@H]2SC1. The van der Waals surface area contributed by atoms with E-state index < -0.39 is 53.1 Å². The third-order valence-corrected chi connectivity index (χ3v) is 7.38. The zero-order valence-corrected chi connectivity index (χ0v) is 19.8. The average Bonchev–Trinajstić information content (AvgIpc) is 3.03. The third-order valence-electron chi connectivity index (χ3n) is 5.09. The molecule has 33 heavy (non-hydrogen) atoms. The first kappa shape index (κ1) is 25.1. The Kier molecular flexibility index (Phi) is 6.84. The van der Waals surface area contributed by atoms with Crippen LogP contribution in [0.15, 0.2) is 15.7 Å². The van der Waals surface area contributed by atoms with Crippen molar-refractivity contribution in [3.8, 4) is 0 Å². The first-order valence-electron chi connectivity index (χ1n) is 9.41. The van der Waals surface area contributed by atoms with E-state index in [0.29, 0.717) is 0 Å². The number of rotatable bonds is 6. The molecule has 0 spiro atoms. The lowest BCUT2D eigenvalue weighted by atomic mass is 10.0. The Morgan fingerprint density at radius 1 is 1.39 bits per heavy atom. The minimum Gasteiger partial charge on any atom is -0.477 e. The van der Waals surface area contributed by atoms with Crippen molar-refractivity contribution >= 4 is 51.4 Å². The van der Waals surface area contributed by atoms with Gasteiger partial charge >= 0.3 is 18.1 Å². The molecule has 3 atom stereocenters. The summed E-state index contributed by atoms with van der Waals surface area (Å²) in [5.74, 6) is -3.30. The zero-order chi connectivity index (χ0) is 24.8. The van der Waals surface area contributed by atoms with Crippen LogP contribution >= 0.6 is 27.7 Å². The molecule has 180 valence electrons. The van der Waals surface area contributed by atoms with Crippen LogP contribution < -0.4 is 5.32 Å². The topological polar surface area (TPSA) is 131 Å². The van der Waals surface area contributed by atoms with Gasteiger partial charge in [0.25, 0.3) is 5.91 Å². The molecule has 0 radical (unpaired) electrons. The van der Waals surface area contributed by atoms with Gasteiger partial charge in [0.15, 0.2) is 5.69 Å². The van der Waals surface area contributed by atoms with E-state index in [1.165, 1.54) is 32.5 Å². The molecule has 3 heterocycles. The van der Waals surface area contributed by atoms with Crippen LogP contribution in [0.3, 0.4) is 0 Å². The van der Waals surface area contributed by atoms with E-state index in [-0.39, 0.29) is 33.8 Å². The number of amides is 2. The minimum atomic E-state index is -4.72. The Labute approximate surface area is 197 Å². The van der Waals surface area contributed by atoms with Gasteiger partial charge in [-0.2, -0.15) is 18.3 Å². The van der Waals surface area contributed by atoms with Crippen molar-refractivity contribution in [3.05, 3.63) is 27.1 Å². The molecule has 2 aliphatic heterocycles. The number of halogens is 4. The van der Waals surface area contributed by atoms with Crippen molar-refractivity contribution in [1.29, 1.82) is 0 Å². The van der Waals surface area contributed by atoms with Crippen molar-refractivity contribution in [2.75, 3.05) is 12.4 Å². The molecule has 0 saturated carbocycles. The number of carboxylic acid groups (broad SMARTS) is 1. The number of nitrogens with one attached hydrogen (secondary N) is 1. The van der Waals surface area contributed by atoms with Crippen LogP contribution in [0.2, 0.25) is 0 Å². The number of thioether (sulfide) groups is 1. The Bertz CT molecular complexity index is 1070. The van der Waals surface area contributed by atoms with Gasteiger partial charge in [0, 0.05) is 18.2 Å². The first-order chi connectivity index (χ1) is 15.3. The maximum Gasteiger partial charge on any atom is 0.436 e. The molecule has 2 N–H and O–H groups in total. The summed E-state index contributed by atoms with van der Waals surface area (Å²) in [5.41, 5.74) is -1.18. The normalized spacial score (nSPS) is 21.3. The number of β-lactam (4-membered cyclic amide) rings is 1. The lowest BCUT2D eigenvalue weighted by molar-refractivity contribution is -0.151. The summed E-state index contributed by atoms with van der Waals surface area (Å²) < 4.78 is 44.8. The van der Waals surface area contributed by atoms with Gasteiger partial charge in [0.1, 0.15) is 29.8 Å². The number of fused-ring (bicyclic) bond motifs is 1. The number of hydrogen-bond acceptors (Lipinski definition) is 7. The summed E-state index contributed by atoms with van der Waals surface area (Å²) in [6.45, 7) is 3.57. The van der Waals surface area contributed by atoms with E-state index in [1.807, 2.05) is 0 Å². The Balaban J connectivity index is 1.76. The average molecular weight is 555 g/mol. The van der Waals surface area contributed by atoms with Crippen LogP contribution in [0.5, 0.6) is 0 Å². The molecule has 0 aromatic carbocycles. The van der Waals surface area contributed by atoms with Gasteiger partial charge in [-0.05, 0) is 29.8 Å². The van der Waals surface area contributed by atoms with Crippen molar-refractivity contribution in [3.63, 3.8) is 0 Å². The second kappa shape index (κ2) is 9.00. The summed E-state index contributed by atoms with van der Waals surface area (Å²) >= 11 is 4.01. The number of carbonyl (C=O) groups excluding carboxylic acids is 3. The number of aliphatic carboxylic acids is 1. The molecular formula is C18H18BrF3N4O6S. The number of hydrogen-bond donors (Lipinski definition) is 2. The van der Waals surface area contributed by atoms with Gasteiger partial charge in [-0.3, -0.25) is 24.0 Å². The third kappa shape index (κ3) is 4.60. The maximum absolute atomic E-state index is 13.1. The Morgan fingerprint density at radius 3 is 2.55 bits per heavy atom. The highest BCUT2D eigenvalue weighted by Crippen LogP contribution is 2.41. The number of carbonyl (C=O) groups is 4. The summed E-state index contributed by atoms with van der Waals surface area (Å²) in [7, 11) is 0. The lowest BCUT2D eigenvalue weighted by Crippen LogP contribution is -2.71. The van der Waals surface area contributed by atoms with Crippen molar-refractivity contribution in [2.45, 2.75) is 44.4 Å². The molecule has 2 amide bonds. The number of ether oxygens (including phenoxy) is 1. The highest BCUT2D eigenvalue weighted by atomic mass is 79.9. The molecule has 2 aliphatic rings. The van der Waals surface area contributed by atoms with Crippen LogP contribution in [0.1, 0.15) is 31.3 Å². The largest absolute Gasteiger partial charge is 0.477 e. The minimum absolute atomic E-state index is 0.0739. The predicted molar refractivity (Wildman–Crippen MR) is 111 cm³/mol. The fraction of sp³-hybridized carbons (Fsp3) is 0.500. The number of aromatic nitrogens is 2. The van der Waals surface area contributed by atoms with Crippen LogP contribution in [0.4, 0.5) is 13.2 Å². The van der Waals surface area contributed by atoms with Crippen molar-refractivity contribution in [2.24, 2.45) is 0 Å². The maximum atomic E-state index is 13.1. The second-order valence-electron chi connectivity index (χ2n) is 7.30. The molecule has 1 aromatic rings. The lowest BCUT2D eigenvalue weighted by Gasteiger charge is -2.49. The van der Waals surface area contributed by atoms with Crippen LogP contribution in [-0.2, 0) is 30.1 Å². The summed E-state index contributed by atoms with van der Waals surface area (Å²) in [6, 6.07) is -2.25. The predicted octanol–water partition coefficient (Wildman–Crippen LogP) is 1.84.